The quantitative estimate of drug-likeness (QED) is 0.848. The smallest absolute Gasteiger partial charge is 0.410 e. The molecule has 0 spiro atoms. The second-order valence-electron chi connectivity index (χ2n) is 8.15. The van der Waals surface area contributed by atoms with Crippen molar-refractivity contribution in [3.05, 3.63) is 30.3 Å². The summed E-state index contributed by atoms with van der Waals surface area (Å²) >= 11 is 0. The van der Waals surface area contributed by atoms with Crippen LogP contribution in [0.15, 0.2) is 35.2 Å². The highest BCUT2D eigenvalue weighted by Crippen LogP contribution is 2.43. The number of nitrogens with one attached hydrogen (secondary N) is 1. The lowest BCUT2D eigenvalue weighted by Crippen LogP contribution is -2.52. The van der Waals surface area contributed by atoms with Crippen molar-refractivity contribution in [3.8, 4) is 0 Å². The van der Waals surface area contributed by atoms with E-state index in [0.29, 0.717) is 12.8 Å². The van der Waals surface area contributed by atoms with Crippen LogP contribution in [0.3, 0.4) is 0 Å². The number of rotatable bonds is 3. The fourth-order valence-corrected chi connectivity index (χ4v) is 6.33. The third kappa shape index (κ3) is 3.67. The van der Waals surface area contributed by atoms with Crippen LogP contribution in [-0.2, 0) is 19.4 Å². The molecule has 148 valence electrons. The molecule has 0 saturated carbocycles. The molecule has 7 nitrogen and oxygen atoms in total. The Kier molecular flexibility index (Phi) is 4.96. The second-order valence-corrected chi connectivity index (χ2v) is 10.3. The summed E-state index contributed by atoms with van der Waals surface area (Å²) in [4.78, 5) is 26.2. The van der Waals surface area contributed by atoms with Crippen LogP contribution in [-0.4, -0.2) is 54.3 Å². The molecule has 2 aliphatic heterocycles. The molecule has 1 N–H and O–H groups in total. The molecule has 0 aliphatic carbocycles. The number of benzene rings is 1. The van der Waals surface area contributed by atoms with E-state index >= 15 is 0 Å². The Hall–Kier alpha value is -2.09. The molecule has 2 bridgehead atoms. The minimum atomic E-state index is -3.74. The van der Waals surface area contributed by atoms with Crippen molar-refractivity contribution >= 4 is 21.8 Å². The molecule has 2 aliphatic rings. The maximum absolute atomic E-state index is 13.3. The van der Waals surface area contributed by atoms with Gasteiger partial charge >= 0.3 is 6.09 Å². The number of carbonyl (C=O) groups is 2. The van der Waals surface area contributed by atoms with Crippen molar-refractivity contribution in [2.45, 2.75) is 74.4 Å². The summed E-state index contributed by atoms with van der Waals surface area (Å²) in [6.07, 6.45) is 0.669. The first-order chi connectivity index (χ1) is 12.5. The van der Waals surface area contributed by atoms with Crippen LogP contribution in [0.2, 0.25) is 0 Å². The van der Waals surface area contributed by atoms with Gasteiger partial charge in [-0.2, -0.15) is 0 Å². The van der Waals surface area contributed by atoms with Crippen molar-refractivity contribution in [3.63, 3.8) is 0 Å². The summed E-state index contributed by atoms with van der Waals surface area (Å²) in [5.41, 5.74) is -0.684. The zero-order valence-corrected chi connectivity index (χ0v) is 16.8. The largest absolute Gasteiger partial charge is 0.444 e. The van der Waals surface area contributed by atoms with Gasteiger partial charge in [0.2, 0.25) is 5.91 Å². The Morgan fingerprint density at radius 1 is 1.11 bits per heavy atom. The monoisotopic (exact) mass is 394 g/mol. The highest BCUT2D eigenvalue weighted by atomic mass is 32.2. The van der Waals surface area contributed by atoms with E-state index in [4.69, 9.17) is 4.74 Å². The van der Waals surface area contributed by atoms with Crippen molar-refractivity contribution < 1.29 is 22.7 Å². The van der Waals surface area contributed by atoms with Gasteiger partial charge < -0.3 is 10.1 Å². The van der Waals surface area contributed by atoms with Gasteiger partial charge in [0.1, 0.15) is 10.9 Å². The summed E-state index contributed by atoms with van der Waals surface area (Å²) in [5.74, 6) is -0.315. The van der Waals surface area contributed by atoms with Crippen LogP contribution in [0.4, 0.5) is 4.79 Å². The summed E-state index contributed by atoms with van der Waals surface area (Å²) < 4.78 is 32.2. The number of nitrogens with zero attached hydrogens (tertiary/aromatic N) is 1. The second kappa shape index (κ2) is 6.82. The summed E-state index contributed by atoms with van der Waals surface area (Å²) in [6.45, 7) is 6.67. The maximum Gasteiger partial charge on any atom is 0.410 e. The Morgan fingerprint density at radius 2 is 1.70 bits per heavy atom. The lowest BCUT2D eigenvalue weighted by molar-refractivity contribution is -0.119. The molecule has 2 amide bonds. The number of fused-ring (bicyclic) bond motifs is 2. The number of hydrogen-bond acceptors (Lipinski definition) is 5. The van der Waals surface area contributed by atoms with E-state index in [1.165, 1.54) is 11.8 Å². The SMILES string of the molecule is CC(=O)N[C@@H]1[C@@H](S(=O)(=O)c2ccccc2)[C@H]2CC[C@@H]1N2C(=O)OC(C)(C)C. The highest BCUT2D eigenvalue weighted by molar-refractivity contribution is 7.92. The van der Waals surface area contributed by atoms with Gasteiger partial charge in [0.25, 0.3) is 0 Å². The van der Waals surface area contributed by atoms with E-state index in [9.17, 15) is 18.0 Å². The summed E-state index contributed by atoms with van der Waals surface area (Å²) in [5, 5.41) is 1.89. The maximum atomic E-state index is 13.3. The van der Waals surface area contributed by atoms with Gasteiger partial charge in [-0.15, -0.1) is 0 Å². The fourth-order valence-electron chi connectivity index (χ4n) is 4.16. The molecule has 4 atom stereocenters. The molecule has 2 fully saturated rings. The first-order valence-electron chi connectivity index (χ1n) is 9.10. The van der Waals surface area contributed by atoms with Crippen molar-refractivity contribution in [2.75, 3.05) is 0 Å². The number of amides is 2. The van der Waals surface area contributed by atoms with E-state index in [2.05, 4.69) is 5.32 Å². The molecular weight excluding hydrogens is 368 g/mol. The molecule has 0 radical (unpaired) electrons. The molecule has 2 saturated heterocycles. The molecule has 8 heteroatoms. The molecule has 1 aromatic carbocycles. The van der Waals surface area contributed by atoms with E-state index in [1.54, 1.807) is 51.1 Å². The summed E-state index contributed by atoms with van der Waals surface area (Å²) in [7, 11) is -3.74. The Labute approximate surface area is 160 Å². The highest BCUT2D eigenvalue weighted by Gasteiger charge is 2.61. The fraction of sp³-hybridized carbons (Fsp3) is 0.579. The van der Waals surface area contributed by atoms with Gasteiger partial charge in [0, 0.05) is 6.92 Å². The molecule has 27 heavy (non-hydrogen) atoms. The lowest BCUT2D eigenvalue weighted by Gasteiger charge is -2.28. The van der Waals surface area contributed by atoms with Crippen molar-refractivity contribution in [2.24, 2.45) is 0 Å². The van der Waals surface area contributed by atoms with Crippen molar-refractivity contribution in [1.82, 2.24) is 10.2 Å². The van der Waals surface area contributed by atoms with Crippen molar-refractivity contribution in [1.29, 1.82) is 0 Å². The number of ether oxygens (including phenoxy) is 1. The Balaban J connectivity index is 1.99. The molecule has 2 heterocycles. The lowest BCUT2D eigenvalue weighted by atomic mass is 9.95. The zero-order valence-electron chi connectivity index (χ0n) is 16.0. The molecule has 1 aromatic rings. The number of carbonyl (C=O) groups excluding carboxylic acids is 2. The predicted octanol–water partition coefficient (Wildman–Crippen LogP) is 2.12. The Bertz CT molecular complexity index is 831. The first-order valence-corrected chi connectivity index (χ1v) is 10.6. The van der Waals surface area contributed by atoms with Crippen LogP contribution in [0.25, 0.3) is 0 Å². The van der Waals surface area contributed by atoms with E-state index in [-0.39, 0.29) is 10.8 Å². The predicted molar refractivity (Wildman–Crippen MR) is 99.9 cm³/mol. The third-order valence-corrected chi connectivity index (χ3v) is 7.28. The van der Waals surface area contributed by atoms with Gasteiger partial charge in [-0.1, -0.05) is 18.2 Å². The molecule has 3 rings (SSSR count). The van der Waals surface area contributed by atoms with Crippen LogP contribution >= 0.6 is 0 Å². The first kappa shape index (κ1) is 19.7. The van der Waals surface area contributed by atoms with Gasteiger partial charge in [-0.3, -0.25) is 9.69 Å². The van der Waals surface area contributed by atoms with Crippen LogP contribution in [0.5, 0.6) is 0 Å². The van der Waals surface area contributed by atoms with E-state index in [1.807, 2.05) is 0 Å². The van der Waals surface area contributed by atoms with Gasteiger partial charge in [0.05, 0.1) is 23.0 Å². The standard InChI is InChI=1S/C19H26N2O5S/c1-12(22)20-16-14-10-11-15(21(14)18(23)26-19(2,3)4)17(16)27(24,25)13-8-6-5-7-9-13/h5-9,14-17H,10-11H2,1-4H3,(H,20,22)/t14-,15+,16-,17-/m0/s1. The average Bonchev–Trinajstić information content (AvgIpc) is 3.09. The van der Waals surface area contributed by atoms with E-state index < -0.39 is 44.9 Å². The van der Waals surface area contributed by atoms with Gasteiger partial charge in [-0.05, 0) is 45.7 Å². The molecule has 0 unspecified atom stereocenters. The summed E-state index contributed by atoms with van der Waals surface area (Å²) in [6, 6.07) is 6.60. The van der Waals surface area contributed by atoms with Gasteiger partial charge in [-0.25, -0.2) is 13.2 Å². The van der Waals surface area contributed by atoms with E-state index in [0.717, 1.165) is 0 Å². The van der Waals surface area contributed by atoms with Crippen LogP contribution in [0, 0.1) is 0 Å². The molecular formula is C19H26N2O5S. The van der Waals surface area contributed by atoms with Crippen LogP contribution in [0.1, 0.15) is 40.5 Å². The Morgan fingerprint density at radius 3 is 2.26 bits per heavy atom. The number of sulfone groups is 1. The number of hydrogen-bond donors (Lipinski definition) is 1. The van der Waals surface area contributed by atoms with Gasteiger partial charge in [0.15, 0.2) is 9.84 Å². The normalized spacial score (nSPS) is 27.5. The third-order valence-electron chi connectivity index (χ3n) is 5.02. The minimum Gasteiger partial charge on any atom is -0.444 e. The zero-order chi connectivity index (χ0) is 20.0. The topological polar surface area (TPSA) is 92.8 Å². The van der Waals surface area contributed by atoms with Crippen LogP contribution < -0.4 is 5.32 Å². The average molecular weight is 394 g/mol. The minimum absolute atomic E-state index is 0.196. The molecule has 0 aromatic heterocycles.